The summed E-state index contributed by atoms with van der Waals surface area (Å²) in [6.45, 7) is 0.569. The first-order valence-corrected chi connectivity index (χ1v) is 1.46. The molecule has 3 heteroatoms. The van der Waals surface area contributed by atoms with E-state index < -0.39 is 6.29 Å². The summed E-state index contributed by atoms with van der Waals surface area (Å²) in [7, 11) is 0. The van der Waals surface area contributed by atoms with Gasteiger partial charge in [0.25, 0.3) is 0 Å². The number of hydrogen-bond donors (Lipinski definition) is 2. The van der Waals surface area contributed by atoms with E-state index in [0.717, 1.165) is 0 Å². The zero-order chi connectivity index (χ0) is 3.70. The molecule has 1 heterocycles. The highest BCUT2D eigenvalue weighted by atomic mass is 16.8. The van der Waals surface area contributed by atoms with Gasteiger partial charge in [-0.1, -0.05) is 0 Å². The molecule has 0 aromatic carbocycles. The number of rotatable bonds is 0. The Labute approximate surface area is 29.5 Å². The van der Waals surface area contributed by atoms with Crippen molar-refractivity contribution in [1.82, 2.24) is 5.48 Å². The molecule has 1 unspecified atom stereocenters. The van der Waals surface area contributed by atoms with Gasteiger partial charge in [0.2, 0.25) is 0 Å². The Hall–Kier alpha value is -0.120. The highest BCUT2D eigenvalue weighted by Crippen LogP contribution is 1.88. The Balaban J connectivity index is 2.08. The van der Waals surface area contributed by atoms with Crippen LogP contribution in [0.5, 0.6) is 0 Å². The van der Waals surface area contributed by atoms with Crippen molar-refractivity contribution >= 4 is 0 Å². The second kappa shape index (κ2) is 0.931. The lowest BCUT2D eigenvalue weighted by Gasteiger charge is -2.20. The summed E-state index contributed by atoms with van der Waals surface area (Å²) >= 11 is 0. The third-order valence-electron chi connectivity index (χ3n) is 0.477. The first kappa shape index (κ1) is 3.08. The fourth-order valence-electron chi connectivity index (χ4n) is 0.158. The van der Waals surface area contributed by atoms with Crippen LogP contribution < -0.4 is 5.48 Å². The van der Waals surface area contributed by atoms with E-state index >= 15 is 0 Å². The lowest BCUT2D eigenvalue weighted by molar-refractivity contribution is -0.229. The van der Waals surface area contributed by atoms with Gasteiger partial charge in [-0.3, -0.25) is 4.84 Å². The first-order valence-electron chi connectivity index (χ1n) is 1.46. The molecule has 0 saturated carbocycles. The van der Waals surface area contributed by atoms with Gasteiger partial charge in [-0.15, -0.1) is 0 Å². The molecule has 0 amide bonds. The fraction of sp³-hybridized carbons (Fsp3) is 1.00. The zero-order valence-corrected chi connectivity index (χ0v) is 2.64. The number of hydroxylamine groups is 1. The maximum Gasteiger partial charge on any atom is 0.189 e. The van der Waals surface area contributed by atoms with Crippen LogP contribution in [0.4, 0.5) is 0 Å². The Bertz CT molecular complexity index is 34.6. The lowest BCUT2D eigenvalue weighted by Crippen LogP contribution is -2.43. The number of aliphatic hydroxyl groups excluding tert-OH is 1. The predicted octanol–water partition coefficient (Wildman–Crippen LogP) is -1.16. The maximum atomic E-state index is 8.16. The second-order valence-electron chi connectivity index (χ2n) is 0.921. The van der Waals surface area contributed by atoms with Crippen molar-refractivity contribution < 1.29 is 9.94 Å². The van der Waals surface area contributed by atoms with E-state index in [1.807, 2.05) is 0 Å². The van der Waals surface area contributed by atoms with Crippen molar-refractivity contribution in [2.45, 2.75) is 6.29 Å². The molecule has 0 radical (unpaired) electrons. The van der Waals surface area contributed by atoms with Gasteiger partial charge in [0.1, 0.15) is 0 Å². The minimum absolute atomic E-state index is 0.546. The Morgan fingerprint density at radius 1 is 2.00 bits per heavy atom. The molecule has 1 aliphatic rings. The molecule has 1 fully saturated rings. The molecule has 0 aliphatic carbocycles. The summed E-state index contributed by atoms with van der Waals surface area (Å²) in [5.41, 5.74) is 2.41. The molecule has 1 aliphatic heterocycles. The Morgan fingerprint density at radius 2 is 2.40 bits per heavy atom. The molecular weight excluding hydrogens is 70.0 g/mol. The first-order chi connectivity index (χ1) is 2.39. The van der Waals surface area contributed by atoms with Crippen LogP contribution in [0.3, 0.4) is 0 Å². The van der Waals surface area contributed by atoms with E-state index in [1.54, 1.807) is 0 Å². The van der Waals surface area contributed by atoms with Gasteiger partial charge in [-0.25, -0.2) is 0 Å². The van der Waals surface area contributed by atoms with Crippen LogP contribution in [0.1, 0.15) is 0 Å². The van der Waals surface area contributed by atoms with Gasteiger partial charge in [-0.05, 0) is 0 Å². The molecule has 1 saturated heterocycles. The fourth-order valence-corrected chi connectivity index (χ4v) is 0.158. The van der Waals surface area contributed by atoms with E-state index in [4.69, 9.17) is 5.11 Å². The topological polar surface area (TPSA) is 41.5 Å². The summed E-state index contributed by atoms with van der Waals surface area (Å²) in [4.78, 5) is 4.24. The Morgan fingerprint density at radius 3 is 2.40 bits per heavy atom. The minimum atomic E-state index is -0.546. The summed E-state index contributed by atoms with van der Waals surface area (Å²) in [5.74, 6) is 0. The van der Waals surface area contributed by atoms with Crippen LogP contribution in [0.25, 0.3) is 0 Å². The third kappa shape index (κ3) is 0.397. The van der Waals surface area contributed by atoms with Crippen LogP contribution in [-0.4, -0.2) is 17.9 Å². The summed E-state index contributed by atoms with van der Waals surface area (Å²) < 4.78 is 0. The largest absolute Gasteiger partial charge is 0.365 e. The SMILES string of the molecule is OC1CNO1. The van der Waals surface area contributed by atoms with Gasteiger partial charge in [-0.2, -0.15) is 5.48 Å². The van der Waals surface area contributed by atoms with Crippen LogP contribution in [0.2, 0.25) is 0 Å². The number of β-amino-alcohol motifs (C(OH)–C–C–N with tert-alkyl or cyclic N) is 1. The molecule has 1 atom stereocenters. The van der Waals surface area contributed by atoms with Crippen molar-refractivity contribution in [3.63, 3.8) is 0 Å². The monoisotopic (exact) mass is 75.0 g/mol. The van der Waals surface area contributed by atoms with Crippen molar-refractivity contribution in [2.24, 2.45) is 0 Å². The molecule has 30 valence electrons. The summed E-state index contributed by atoms with van der Waals surface area (Å²) in [6.07, 6.45) is -0.546. The number of aliphatic hydroxyl groups is 1. The molecule has 1 rings (SSSR count). The summed E-state index contributed by atoms with van der Waals surface area (Å²) in [6, 6.07) is 0. The summed E-state index contributed by atoms with van der Waals surface area (Å²) in [5, 5.41) is 8.16. The third-order valence-corrected chi connectivity index (χ3v) is 0.477. The second-order valence-corrected chi connectivity index (χ2v) is 0.921. The van der Waals surface area contributed by atoms with Crippen molar-refractivity contribution in [3.8, 4) is 0 Å². The minimum Gasteiger partial charge on any atom is -0.365 e. The van der Waals surface area contributed by atoms with Crippen LogP contribution in [0, 0.1) is 0 Å². The van der Waals surface area contributed by atoms with Crippen LogP contribution >= 0.6 is 0 Å². The van der Waals surface area contributed by atoms with Crippen molar-refractivity contribution in [2.75, 3.05) is 6.54 Å². The van der Waals surface area contributed by atoms with Crippen molar-refractivity contribution in [3.05, 3.63) is 0 Å². The number of nitrogens with one attached hydrogen (secondary N) is 1. The highest BCUT2D eigenvalue weighted by molar-refractivity contribution is 4.45. The average Bonchev–Trinajstić information content (AvgIpc) is 1.30. The smallest absolute Gasteiger partial charge is 0.189 e. The van der Waals surface area contributed by atoms with Gasteiger partial charge in [0.15, 0.2) is 6.29 Å². The quantitative estimate of drug-likeness (QED) is 0.381. The molecular formula is C2H5NO2. The molecule has 0 spiro atoms. The molecule has 2 N–H and O–H groups in total. The van der Waals surface area contributed by atoms with Gasteiger partial charge < -0.3 is 5.11 Å². The Kier molecular flexibility index (Phi) is 0.574. The van der Waals surface area contributed by atoms with E-state index in [-0.39, 0.29) is 0 Å². The maximum absolute atomic E-state index is 8.16. The molecule has 0 aromatic rings. The lowest BCUT2D eigenvalue weighted by atomic mass is 10.6. The molecule has 5 heavy (non-hydrogen) atoms. The molecule has 0 bridgehead atoms. The predicted molar refractivity (Wildman–Crippen MR) is 15.1 cm³/mol. The van der Waals surface area contributed by atoms with E-state index in [9.17, 15) is 0 Å². The highest BCUT2D eigenvalue weighted by Gasteiger charge is 2.11. The molecule has 0 aromatic heterocycles. The zero-order valence-electron chi connectivity index (χ0n) is 2.64. The van der Waals surface area contributed by atoms with E-state index in [1.165, 1.54) is 0 Å². The normalized spacial score (nSPS) is 36.6. The van der Waals surface area contributed by atoms with Crippen LogP contribution in [0.15, 0.2) is 0 Å². The average molecular weight is 75.1 g/mol. The van der Waals surface area contributed by atoms with E-state index in [0.29, 0.717) is 6.54 Å². The van der Waals surface area contributed by atoms with Gasteiger partial charge in [0, 0.05) is 0 Å². The molecule has 3 nitrogen and oxygen atoms in total. The van der Waals surface area contributed by atoms with Crippen LogP contribution in [-0.2, 0) is 4.84 Å². The van der Waals surface area contributed by atoms with Gasteiger partial charge >= 0.3 is 0 Å². The standard InChI is InChI=1S/C2H5NO2/c4-2-1-3-5-2/h2-4H,1H2. The number of hydrogen-bond acceptors (Lipinski definition) is 3. The van der Waals surface area contributed by atoms with Crippen molar-refractivity contribution in [1.29, 1.82) is 0 Å². The van der Waals surface area contributed by atoms with Gasteiger partial charge in [0.05, 0.1) is 6.54 Å². The van der Waals surface area contributed by atoms with E-state index in [2.05, 4.69) is 10.3 Å².